The van der Waals surface area contributed by atoms with E-state index in [-0.39, 0.29) is 23.5 Å². The average molecular weight is 290 g/mol. The summed E-state index contributed by atoms with van der Waals surface area (Å²) in [4.78, 5) is 0. The number of benzene rings is 1. The summed E-state index contributed by atoms with van der Waals surface area (Å²) >= 11 is 0. The maximum atomic E-state index is 13.7. The summed E-state index contributed by atoms with van der Waals surface area (Å²) in [5.74, 6) is -0.975. The Labute approximate surface area is 117 Å². The monoisotopic (exact) mass is 290 g/mol. The zero-order valence-electron chi connectivity index (χ0n) is 11.9. The number of alkyl halides is 2. The molecule has 114 valence electrons. The van der Waals surface area contributed by atoms with Gasteiger partial charge in [-0.3, -0.25) is 0 Å². The molecular formula is C14H21F3N2O. The Morgan fingerprint density at radius 2 is 1.90 bits per heavy atom. The van der Waals surface area contributed by atoms with Gasteiger partial charge in [-0.2, -0.15) is 0 Å². The summed E-state index contributed by atoms with van der Waals surface area (Å²) < 4.78 is 39.4. The van der Waals surface area contributed by atoms with E-state index < -0.39 is 23.4 Å². The van der Waals surface area contributed by atoms with Crippen molar-refractivity contribution >= 4 is 11.4 Å². The van der Waals surface area contributed by atoms with E-state index in [0.29, 0.717) is 0 Å². The summed E-state index contributed by atoms with van der Waals surface area (Å²) in [7, 11) is 0. The van der Waals surface area contributed by atoms with Gasteiger partial charge in [0, 0.05) is 6.54 Å². The molecule has 20 heavy (non-hydrogen) atoms. The number of rotatable bonds is 4. The summed E-state index contributed by atoms with van der Waals surface area (Å²) in [5.41, 5.74) is 3.69. The van der Waals surface area contributed by atoms with Gasteiger partial charge >= 0.3 is 0 Å². The molecule has 0 amide bonds. The summed E-state index contributed by atoms with van der Waals surface area (Å²) in [6, 6.07) is 1.29. The maximum Gasteiger partial charge on any atom is 0.268 e. The van der Waals surface area contributed by atoms with Gasteiger partial charge < -0.3 is 16.2 Å². The second-order valence-corrected chi connectivity index (χ2v) is 4.85. The van der Waals surface area contributed by atoms with Crippen LogP contribution in [0.3, 0.4) is 0 Å². The van der Waals surface area contributed by atoms with Gasteiger partial charge in [-0.15, -0.1) is 13.2 Å². The molecule has 0 aliphatic heterocycles. The molecule has 0 aromatic heterocycles. The van der Waals surface area contributed by atoms with Crippen molar-refractivity contribution in [3.63, 3.8) is 0 Å². The van der Waals surface area contributed by atoms with Crippen molar-refractivity contribution < 1.29 is 18.3 Å². The van der Waals surface area contributed by atoms with Gasteiger partial charge in [-0.1, -0.05) is 0 Å². The first-order chi connectivity index (χ1) is 9.13. The van der Waals surface area contributed by atoms with E-state index in [2.05, 4.69) is 18.5 Å². The van der Waals surface area contributed by atoms with Crippen LogP contribution >= 0.6 is 0 Å². The quantitative estimate of drug-likeness (QED) is 0.586. The molecule has 0 saturated heterocycles. The van der Waals surface area contributed by atoms with Crippen LogP contribution in [0.4, 0.5) is 24.5 Å². The molecule has 0 radical (unpaired) electrons. The third kappa shape index (κ3) is 4.77. The molecule has 0 spiro atoms. The SMILES string of the molecule is C=C.Cc1cc(N)c(NCC(C)(C)O)c(C(F)F)c1F. The van der Waals surface area contributed by atoms with Gasteiger partial charge in [-0.25, -0.2) is 13.2 Å². The van der Waals surface area contributed by atoms with Gasteiger partial charge in [0.15, 0.2) is 0 Å². The van der Waals surface area contributed by atoms with E-state index in [1.165, 1.54) is 26.8 Å². The molecule has 1 aromatic carbocycles. The summed E-state index contributed by atoms with van der Waals surface area (Å²) in [6.45, 7) is 10.4. The number of nitrogen functional groups attached to an aromatic ring is 1. The third-order valence-corrected chi connectivity index (χ3v) is 2.43. The standard InChI is InChI=1S/C12H17F3N2O.C2H4/c1-6-4-7(16)10(17-5-12(2,3)18)8(9(6)13)11(14)15;1-2/h4,11,17-18H,5,16H2,1-3H3;1-2H2. The highest BCUT2D eigenvalue weighted by Crippen LogP contribution is 2.36. The normalized spacial score (nSPS) is 11.0. The molecule has 4 N–H and O–H groups in total. The molecule has 0 fully saturated rings. The average Bonchev–Trinajstić information content (AvgIpc) is 2.32. The Kier molecular flexibility index (Phi) is 6.58. The number of aryl methyl sites for hydroxylation is 1. The van der Waals surface area contributed by atoms with Gasteiger partial charge in [0.05, 0.1) is 22.5 Å². The van der Waals surface area contributed by atoms with E-state index in [0.717, 1.165) is 0 Å². The molecule has 1 rings (SSSR count). The van der Waals surface area contributed by atoms with Crippen molar-refractivity contribution in [2.75, 3.05) is 17.6 Å². The Morgan fingerprint density at radius 3 is 2.30 bits per heavy atom. The number of nitrogens with two attached hydrogens (primary N) is 1. The molecule has 1 aromatic rings. The molecule has 0 aliphatic carbocycles. The largest absolute Gasteiger partial charge is 0.397 e. The van der Waals surface area contributed by atoms with Crippen LogP contribution in [0.5, 0.6) is 0 Å². The molecule has 6 heteroatoms. The van der Waals surface area contributed by atoms with Crippen molar-refractivity contribution in [3.05, 3.63) is 36.2 Å². The minimum absolute atomic E-state index is 0.0145. The molecule has 3 nitrogen and oxygen atoms in total. The lowest BCUT2D eigenvalue weighted by molar-refractivity contribution is 0.0942. The number of nitrogens with one attached hydrogen (secondary N) is 1. The first-order valence-corrected chi connectivity index (χ1v) is 5.96. The van der Waals surface area contributed by atoms with E-state index >= 15 is 0 Å². The second kappa shape index (κ2) is 7.19. The topological polar surface area (TPSA) is 58.3 Å². The van der Waals surface area contributed by atoms with Crippen molar-refractivity contribution in [3.8, 4) is 0 Å². The van der Waals surface area contributed by atoms with Crippen LogP contribution in [0.15, 0.2) is 19.2 Å². The predicted octanol–water partition coefficient (Wildman–Crippen LogP) is 3.64. The van der Waals surface area contributed by atoms with E-state index in [4.69, 9.17) is 5.73 Å². The van der Waals surface area contributed by atoms with Gasteiger partial charge in [0.1, 0.15) is 5.82 Å². The van der Waals surface area contributed by atoms with Crippen molar-refractivity contribution in [1.29, 1.82) is 0 Å². The lowest BCUT2D eigenvalue weighted by Crippen LogP contribution is -2.30. The van der Waals surface area contributed by atoms with Crippen molar-refractivity contribution in [1.82, 2.24) is 0 Å². The molecule has 0 saturated carbocycles. The molecule has 0 bridgehead atoms. The highest BCUT2D eigenvalue weighted by Gasteiger charge is 2.24. The smallest absolute Gasteiger partial charge is 0.268 e. The Bertz CT molecular complexity index is 457. The Morgan fingerprint density at radius 1 is 1.40 bits per heavy atom. The van der Waals surface area contributed by atoms with Crippen LogP contribution in [0.2, 0.25) is 0 Å². The minimum atomic E-state index is -2.98. The zero-order valence-corrected chi connectivity index (χ0v) is 11.9. The van der Waals surface area contributed by atoms with Gasteiger partial charge in [0.25, 0.3) is 6.43 Å². The van der Waals surface area contributed by atoms with Crippen LogP contribution in [0, 0.1) is 12.7 Å². The van der Waals surface area contributed by atoms with Crippen LogP contribution in [-0.4, -0.2) is 17.3 Å². The summed E-state index contributed by atoms with van der Waals surface area (Å²) in [5, 5.41) is 12.1. The molecule has 0 unspecified atom stereocenters. The fourth-order valence-corrected chi connectivity index (χ4v) is 1.55. The lowest BCUT2D eigenvalue weighted by Gasteiger charge is -2.22. The number of hydrogen-bond acceptors (Lipinski definition) is 3. The fourth-order valence-electron chi connectivity index (χ4n) is 1.55. The van der Waals surface area contributed by atoms with Gasteiger partial charge in [-0.05, 0) is 32.4 Å². The predicted molar refractivity (Wildman–Crippen MR) is 76.5 cm³/mol. The molecular weight excluding hydrogens is 269 g/mol. The number of hydrogen-bond donors (Lipinski definition) is 3. The van der Waals surface area contributed by atoms with E-state index in [1.54, 1.807) is 0 Å². The molecule has 0 heterocycles. The van der Waals surface area contributed by atoms with E-state index in [9.17, 15) is 18.3 Å². The first kappa shape index (κ1) is 18.3. The van der Waals surface area contributed by atoms with Gasteiger partial charge in [0.2, 0.25) is 0 Å². The molecule has 0 aliphatic rings. The minimum Gasteiger partial charge on any atom is -0.397 e. The highest BCUT2D eigenvalue weighted by atomic mass is 19.3. The van der Waals surface area contributed by atoms with Crippen LogP contribution in [0.25, 0.3) is 0 Å². The highest BCUT2D eigenvalue weighted by molar-refractivity contribution is 5.72. The number of halogens is 3. The lowest BCUT2D eigenvalue weighted by atomic mass is 10.0. The third-order valence-electron chi connectivity index (χ3n) is 2.43. The van der Waals surface area contributed by atoms with Crippen molar-refractivity contribution in [2.45, 2.75) is 32.8 Å². The summed E-state index contributed by atoms with van der Waals surface area (Å²) in [6.07, 6.45) is -2.98. The van der Waals surface area contributed by atoms with Crippen molar-refractivity contribution in [2.24, 2.45) is 0 Å². The zero-order chi connectivity index (χ0) is 16.1. The first-order valence-electron chi connectivity index (χ1n) is 5.96. The Hall–Kier alpha value is -1.69. The van der Waals surface area contributed by atoms with E-state index in [1.807, 2.05) is 0 Å². The molecule has 0 atom stereocenters. The number of aliphatic hydroxyl groups is 1. The second-order valence-electron chi connectivity index (χ2n) is 4.85. The Balaban J connectivity index is 0.00000172. The van der Waals surface area contributed by atoms with Crippen LogP contribution < -0.4 is 11.1 Å². The van der Waals surface area contributed by atoms with Crippen LogP contribution in [0.1, 0.15) is 31.4 Å². The fraction of sp³-hybridized carbons (Fsp3) is 0.429. The van der Waals surface area contributed by atoms with Crippen LogP contribution in [-0.2, 0) is 0 Å². The maximum absolute atomic E-state index is 13.7. The number of anilines is 2.